The molecule has 0 saturated heterocycles. The van der Waals surface area contributed by atoms with Crippen LogP contribution in [0.2, 0.25) is 0 Å². The van der Waals surface area contributed by atoms with Crippen LogP contribution < -0.4 is 5.32 Å². The fraction of sp³-hybridized carbons (Fsp3) is 0.625. The molecule has 106 valence electrons. The molecule has 1 aliphatic carbocycles. The number of aliphatic hydroxyl groups is 1. The van der Waals surface area contributed by atoms with E-state index in [2.05, 4.69) is 50.4 Å². The van der Waals surface area contributed by atoms with Crippen LogP contribution in [-0.2, 0) is 0 Å². The predicted molar refractivity (Wildman–Crippen MR) is 82.8 cm³/mol. The number of aliphatic hydroxyl groups excluding tert-OH is 1. The molecule has 1 fully saturated rings. The molecule has 1 aromatic rings. The van der Waals surface area contributed by atoms with Crippen molar-refractivity contribution in [1.29, 1.82) is 0 Å². The molecule has 0 heterocycles. The van der Waals surface area contributed by atoms with Gasteiger partial charge in [0.1, 0.15) is 0 Å². The normalized spacial score (nSPS) is 27.1. The Morgan fingerprint density at radius 2 is 2.26 bits per heavy atom. The lowest BCUT2D eigenvalue weighted by atomic mass is 9.98. The second-order valence-corrected chi connectivity index (χ2v) is 7.41. The topological polar surface area (TPSA) is 32.3 Å². The minimum Gasteiger partial charge on any atom is -0.394 e. The van der Waals surface area contributed by atoms with Crippen molar-refractivity contribution in [1.82, 2.24) is 5.32 Å². The van der Waals surface area contributed by atoms with E-state index in [1.165, 1.54) is 16.9 Å². The van der Waals surface area contributed by atoms with Gasteiger partial charge in [-0.05, 0) is 38.3 Å². The van der Waals surface area contributed by atoms with Crippen LogP contribution in [0.25, 0.3) is 0 Å². The van der Waals surface area contributed by atoms with Crippen molar-refractivity contribution >= 4 is 11.8 Å². The average molecular weight is 279 g/mol. The Morgan fingerprint density at radius 1 is 1.47 bits per heavy atom. The summed E-state index contributed by atoms with van der Waals surface area (Å²) in [7, 11) is 0. The molecule has 2 N–H and O–H groups in total. The lowest BCUT2D eigenvalue weighted by Gasteiger charge is -2.31. The van der Waals surface area contributed by atoms with Gasteiger partial charge in [-0.15, -0.1) is 11.8 Å². The highest BCUT2D eigenvalue weighted by atomic mass is 32.2. The second-order valence-electron chi connectivity index (χ2n) is 6.04. The van der Waals surface area contributed by atoms with Crippen LogP contribution in [0, 0.1) is 6.92 Å². The highest BCUT2D eigenvalue weighted by Crippen LogP contribution is 2.40. The van der Waals surface area contributed by atoms with Crippen LogP contribution in [-0.4, -0.2) is 28.5 Å². The zero-order valence-electron chi connectivity index (χ0n) is 12.1. The molecule has 0 aliphatic heterocycles. The van der Waals surface area contributed by atoms with Crippen LogP contribution in [0.4, 0.5) is 0 Å². The van der Waals surface area contributed by atoms with Crippen LogP contribution in [0.3, 0.4) is 0 Å². The SMILES string of the molecule is Cc1cccc(SC2CCC(CO)(NC(C)C)C2)c1. The minimum absolute atomic E-state index is 0.0599. The second kappa shape index (κ2) is 6.29. The third-order valence-electron chi connectivity index (χ3n) is 3.75. The summed E-state index contributed by atoms with van der Waals surface area (Å²) >= 11 is 1.96. The predicted octanol–water partition coefficient (Wildman–Crippen LogP) is 3.37. The molecule has 0 spiro atoms. The summed E-state index contributed by atoms with van der Waals surface area (Å²) < 4.78 is 0. The van der Waals surface area contributed by atoms with Gasteiger partial charge in [0, 0.05) is 21.7 Å². The first-order valence-corrected chi connectivity index (χ1v) is 8.03. The Bertz CT molecular complexity index is 421. The zero-order chi connectivity index (χ0) is 13.9. The van der Waals surface area contributed by atoms with Gasteiger partial charge in [0.2, 0.25) is 0 Å². The molecule has 0 bridgehead atoms. The highest BCUT2D eigenvalue weighted by molar-refractivity contribution is 8.00. The molecule has 2 unspecified atom stereocenters. The maximum Gasteiger partial charge on any atom is 0.0613 e. The molecule has 1 aliphatic rings. The van der Waals surface area contributed by atoms with Crippen LogP contribution in [0.15, 0.2) is 29.2 Å². The third kappa shape index (κ3) is 3.98. The summed E-state index contributed by atoms with van der Waals surface area (Å²) in [5.74, 6) is 0. The van der Waals surface area contributed by atoms with E-state index in [1.54, 1.807) is 0 Å². The van der Waals surface area contributed by atoms with Gasteiger partial charge in [-0.3, -0.25) is 0 Å². The lowest BCUT2D eigenvalue weighted by molar-refractivity contribution is 0.156. The molecule has 0 aromatic heterocycles. The van der Waals surface area contributed by atoms with Crippen molar-refractivity contribution in [3.8, 4) is 0 Å². The highest BCUT2D eigenvalue weighted by Gasteiger charge is 2.39. The Labute approximate surface area is 121 Å². The molecule has 1 saturated carbocycles. The van der Waals surface area contributed by atoms with Crippen LogP contribution in [0.5, 0.6) is 0 Å². The number of benzene rings is 1. The fourth-order valence-electron chi connectivity index (χ4n) is 2.99. The molecule has 0 radical (unpaired) electrons. The van der Waals surface area contributed by atoms with Crippen molar-refractivity contribution in [3.05, 3.63) is 29.8 Å². The summed E-state index contributed by atoms with van der Waals surface area (Å²) in [4.78, 5) is 1.35. The molecule has 0 amide bonds. The third-order valence-corrected chi connectivity index (χ3v) is 5.01. The first-order valence-electron chi connectivity index (χ1n) is 7.15. The average Bonchev–Trinajstić information content (AvgIpc) is 2.72. The van der Waals surface area contributed by atoms with E-state index in [1.807, 2.05) is 11.8 Å². The van der Waals surface area contributed by atoms with E-state index in [9.17, 15) is 5.11 Å². The summed E-state index contributed by atoms with van der Waals surface area (Å²) in [6, 6.07) is 9.12. The Kier molecular flexibility index (Phi) is 4.93. The summed E-state index contributed by atoms with van der Waals surface area (Å²) in [6.45, 7) is 6.68. The first kappa shape index (κ1) is 14.9. The maximum atomic E-state index is 9.72. The molecule has 19 heavy (non-hydrogen) atoms. The van der Waals surface area contributed by atoms with E-state index in [0.717, 1.165) is 12.8 Å². The Balaban J connectivity index is 1.97. The Morgan fingerprint density at radius 3 is 2.89 bits per heavy atom. The molecular formula is C16H25NOS. The van der Waals surface area contributed by atoms with Gasteiger partial charge in [-0.1, -0.05) is 31.5 Å². The standard InChI is InChI=1S/C16H25NOS/c1-12(2)17-16(11-18)8-7-15(10-16)19-14-6-4-5-13(3)9-14/h4-6,9,12,15,17-18H,7-8,10-11H2,1-3H3. The monoisotopic (exact) mass is 279 g/mol. The minimum atomic E-state index is -0.0599. The lowest BCUT2D eigenvalue weighted by Crippen LogP contribution is -2.49. The van der Waals surface area contributed by atoms with E-state index >= 15 is 0 Å². The first-order chi connectivity index (χ1) is 9.03. The number of aryl methyl sites for hydroxylation is 1. The largest absolute Gasteiger partial charge is 0.394 e. The molecule has 1 aromatic carbocycles. The van der Waals surface area contributed by atoms with E-state index in [-0.39, 0.29) is 12.1 Å². The van der Waals surface area contributed by atoms with Gasteiger partial charge < -0.3 is 10.4 Å². The van der Waals surface area contributed by atoms with Crippen molar-refractivity contribution in [2.45, 2.75) is 61.8 Å². The van der Waals surface area contributed by atoms with Gasteiger partial charge >= 0.3 is 0 Å². The van der Waals surface area contributed by atoms with Crippen LogP contribution >= 0.6 is 11.8 Å². The number of nitrogens with one attached hydrogen (secondary N) is 1. The molecule has 2 rings (SSSR count). The Hall–Kier alpha value is -0.510. The fourth-order valence-corrected chi connectivity index (χ4v) is 4.43. The van der Waals surface area contributed by atoms with Crippen LogP contribution in [0.1, 0.15) is 38.7 Å². The van der Waals surface area contributed by atoms with Crippen molar-refractivity contribution in [3.63, 3.8) is 0 Å². The maximum absolute atomic E-state index is 9.72. The molecular weight excluding hydrogens is 254 g/mol. The van der Waals surface area contributed by atoms with Crippen molar-refractivity contribution < 1.29 is 5.11 Å². The number of hydrogen-bond acceptors (Lipinski definition) is 3. The molecule has 2 nitrogen and oxygen atoms in total. The van der Waals surface area contributed by atoms with E-state index < -0.39 is 0 Å². The van der Waals surface area contributed by atoms with Crippen molar-refractivity contribution in [2.75, 3.05) is 6.61 Å². The quantitative estimate of drug-likeness (QED) is 0.867. The summed E-state index contributed by atoms with van der Waals surface area (Å²) in [6.07, 6.45) is 3.31. The van der Waals surface area contributed by atoms with Gasteiger partial charge in [0.15, 0.2) is 0 Å². The van der Waals surface area contributed by atoms with Crippen molar-refractivity contribution in [2.24, 2.45) is 0 Å². The van der Waals surface area contributed by atoms with E-state index in [4.69, 9.17) is 0 Å². The summed E-state index contributed by atoms with van der Waals surface area (Å²) in [5.41, 5.74) is 1.26. The van der Waals surface area contributed by atoms with Gasteiger partial charge in [0.05, 0.1) is 6.61 Å². The van der Waals surface area contributed by atoms with E-state index in [0.29, 0.717) is 11.3 Å². The zero-order valence-corrected chi connectivity index (χ0v) is 13.0. The van der Waals surface area contributed by atoms with Gasteiger partial charge in [-0.2, -0.15) is 0 Å². The number of thioether (sulfide) groups is 1. The smallest absolute Gasteiger partial charge is 0.0613 e. The van der Waals surface area contributed by atoms with Gasteiger partial charge in [-0.25, -0.2) is 0 Å². The van der Waals surface area contributed by atoms with Gasteiger partial charge in [0.25, 0.3) is 0 Å². The number of rotatable bonds is 5. The summed E-state index contributed by atoms with van der Waals surface area (Å²) in [5, 5.41) is 13.9. The molecule has 2 atom stereocenters. The molecule has 3 heteroatoms. The number of hydrogen-bond donors (Lipinski definition) is 2.